The zero-order valence-corrected chi connectivity index (χ0v) is 40.5. The van der Waals surface area contributed by atoms with Gasteiger partial charge in [-0.25, -0.2) is 4.79 Å². The summed E-state index contributed by atoms with van der Waals surface area (Å²) >= 11 is 0. The molecular weight excluding hydrogens is 787 g/mol. The number of nitrogens with zero attached hydrogens (tertiary/aromatic N) is 1. The van der Waals surface area contributed by atoms with Crippen molar-refractivity contribution in [1.29, 1.82) is 0 Å². The molecule has 0 aliphatic heterocycles. The molecule has 2 unspecified atom stereocenters. The third-order valence-corrected chi connectivity index (χ3v) is 10.4. The highest BCUT2D eigenvalue weighted by Crippen LogP contribution is 2.14. The molecule has 0 aromatic rings. The largest absolute Gasteiger partial charge is 0.477 e. The molecule has 8 nitrogen and oxygen atoms in total. The van der Waals surface area contributed by atoms with Crippen LogP contribution in [0.1, 0.15) is 168 Å². The first kappa shape index (κ1) is 59.0. The van der Waals surface area contributed by atoms with Crippen LogP contribution < -0.4 is 0 Å². The maximum atomic E-state index is 12.8. The predicted molar refractivity (Wildman–Crippen MR) is 266 cm³/mol. The van der Waals surface area contributed by atoms with Crippen LogP contribution in [0.4, 0.5) is 0 Å². The van der Waals surface area contributed by atoms with Crippen molar-refractivity contribution in [3.8, 4) is 0 Å². The summed E-state index contributed by atoms with van der Waals surface area (Å²) in [4.78, 5) is 37.1. The maximum Gasteiger partial charge on any atom is 0.362 e. The summed E-state index contributed by atoms with van der Waals surface area (Å²) in [6.07, 6.45) is 61.3. The maximum absolute atomic E-state index is 12.8. The van der Waals surface area contributed by atoms with Crippen LogP contribution in [-0.2, 0) is 28.6 Å². The second-order valence-electron chi connectivity index (χ2n) is 17.2. The lowest BCUT2D eigenvalue weighted by molar-refractivity contribution is -0.887. The van der Waals surface area contributed by atoms with Crippen LogP contribution in [0.3, 0.4) is 0 Å². The Morgan fingerprint density at radius 1 is 0.492 bits per heavy atom. The first-order chi connectivity index (χ1) is 30.6. The second kappa shape index (κ2) is 44.6. The number of rotatable bonds is 42. The van der Waals surface area contributed by atoms with Crippen molar-refractivity contribution in [2.75, 3.05) is 41.0 Å². The van der Waals surface area contributed by atoms with Gasteiger partial charge in [0.2, 0.25) is 0 Å². The lowest BCUT2D eigenvalue weighted by Crippen LogP contribution is -2.50. The van der Waals surface area contributed by atoms with Crippen LogP contribution in [0.15, 0.2) is 109 Å². The molecule has 356 valence electrons. The highest BCUT2D eigenvalue weighted by Gasteiger charge is 2.31. The SMILES string of the molecule is CC/C=C/C=C/C=C/C=C/C=C/C=C/C=C/CCCCCC(=O)OC(COCCC(C(=O)O)[N+](C)(C)C)COC(=O)CCCCCCCCCCCC/C=C/C=C/CCCCCC. The van der Waals surface area contributed by atoms with Gasteiger partial charge in [-0.3, -0.25) is 9.59 Å². The fraction of sp³-hybridized carbons (Fsp3) is 0.618. The van der Waals surface area contributed by atoms with Crippen LogP contribution in [0.25, 0.3) is 0 Å². The van der Waals surface area contributed by atoms with Crippen LogP contribution in [0, 0.1) is 0 Å². The zero-order chi connectivity index (χ0) is 46.3. The highest BCUT2D eigenvalue weighted by molar-refractivity contribution is 5.72. The quantitative estimate of drug-likeness (QED) is 0.0282. The highest BCUT2D eigenvalue weighted by atomic mass is 16.6. The molecule has 0 fully saturated rings. The average Bonchev–Trinajstić information content (AvgIpc) is 3.24. The molecule has 8 heteroatoms. The molecule has 0 amide bonds. The Kier molecular flexibility index (Phi) is 41.8. The number of hydrogen-bond donors (Lipinski definition) is 1. The van der Waals surface area contributed by atoms with Crippen LogP contribution >= 0.6 is 0 Å². The van der Waals surface area contributed by atoms with E-state index >= 15 is 0 Å². The molecule has 0 rings (SSSR count). The molecule has 1 N–H and O–H groups in total. The Labute approximate surface area is 385 Å². The summed E-state index contributed by atoms with van der Waals surface area (Å²) in [5, 5.41) is 9.65. The number of carboxylic acid groups (broad SMARTS) is 1. The van der Waals surface area contributed by atoms with Crippen molar-refractivity contribution in [2.45, 2.75) is 180 Å². The molecule has 0 aliphatic carbocycles. The van der Waals surface area contributed by atoms with Gasteiger partial charge in [-0.05, 0) is 57.8 Å². The third kappa shape index (κ3) is 43.0. The van der Waals surface area contributed by atoms with E-state index < -0.39 is 18.1 Å². The van der Waals surface area contributed by atoms with E-state index in [2.05, 4.69) is 50.3 Å². The summed E-state index contributed by atoms with van der Waals surface area (Å²) < 4.78 is 17.3. The minimum atomic E-state index is -0.888. The van der Waals surface area contributed by atoms with Gasteiger partial charge in [0.25, 0.3) is 0 Å². The van der Waals surface area contributed by atoms with Gasteiger partial charge in [-0.2, -0.15) is 0 Å². The summed E-state index contributed by atoms with van der Waals surface area (Å²) in [5.74, 6) is -1.54. The molecule has 63 heavy (non-hydrogen) atoms. The summed E-state index contributed by atoms with van der Waals surface area (Å²) in [5.41, 5.74) is 0. The number of carboxylic acids is 1. The number of ether oxygens (including phenoxy) is 3. The zero-order valence-electron chi connectivity index (χ0n) is 40.5. The lowest BCUT2D eigenvalue weighted by atomic mass is 10.1. The minimum absolute atomic E-state index is 0.0338. The molecule has 0 spiro atoms. The van der Waals surface area contributed by atoms with Crippen molar-refractivity contribution < 1.29 is 38.2 Å². The Morgan fingerprint density at radius 3 is 1.35 bits per heavy atom. The normalized spacial score (nSPS) is 13.9. The molecular formula is C55H90NO7+. The van der Waals surface area contributed by atoms with Gasteiger partial charge < -0.3 is 23.8 Å². The van der Waals surface area contributed by atoms with Crippen LogP contribution in [-0.4, -0.2) is 80.6 Å². The predicted octanol–water partition coefficient (Wildman–Crippen LogP) is 14.0. The van der Waals surface area contributed by atoms with Gasteiger partial charge in [0, 0.05) is 19.3 Å². The van der Waals surface area contributed by atoms with Gasteiger partial charge in [0.05, 0.1) is 34.4 Å². The number of esters is 2. The first-order valence-corrected chi connectivity index (χ1v) is 24.5. The summed E-state index contributed by atoms with van der Waals surface area (Å²) in [6.45, 7) is 4.51. The third-order valence-electron chi connectivity index (χ3n) is 10.4. The minimum Gasteiger partial charge on any atom is -0.477 e. The monoisotopic (exact) mass is 877 g/mol. The van der Waals surface area contributed by atoms with E-state index in [0.717, 1.165) is 44.9 Å². The molecule has 0 radical (unpaired) electrons. The smallest absolute Gasteiger partial charge is 0.362 e. The number of aliphatic carboxylic acids is 1. The molecule has 0 aromatic carbocycles. The van der Waals surface area contributed by atoms with E-state index in [1.165, 1.54) is 83.5 Å². The standard InChI is InChI=1S/C55H89NO7/c1-6-8-10-12-14-16-18-20-22-24-26-28-29-31-33-35-37-39-41-43-45-53(57)62-50-51(49-61-48-47-52(55(59)60)56(3,4)5)63-54(58)46-44-42-40-38-36-34-32-30-27-25-23-21-19-17-15-13-11-9-7-2/h9,11,13,15-23,25,27,30,32,34,36,51-52H,6-8,10,12,14,24,26,28-29,31,33,35,37-50H2,1-5H3/p+1/b11-9+,15-13+,18-16+,19-17+,22-20+,23-21+,27-25+,32-30+,36-34+. The van der Waals surface area contributed by atoms with Crippen molar-refractivity contribution >= 4 is 17.9 Å². The fourth-order valence-electron chi connectivity index (χ4n) is 6.59. The van der Waals surface area contributed by atoms with E-state index in [-0.39, 0.29) is 42.7 Å². The number of allylic oxidation sites excluding steroid dienone is 18. The molecule has 2 atom stereocenters. The number of carbonyl (C=O) groups excluding carboxylic acids is 2. The van der Waals surface area contributed by atoms with E-state index in [1.54, 1.807) is 0 Å². The van der Waals surface area contributed by atoms with Crippen molar-refractivity contribution in [3.05, 3.63) is 109 Å². The van der Waals surface area contributed by atoms with Crippen molar-refractivity contribution in [2.24, 2.45) is 0 Å². The molecule has 0 heterocycles. The average molecular weight is 877 g/mol. The number of quaternary nitrogens is 1. The van der Waals surface area contributed by atoms with Crippen molar-refractivity contribution in [1.82, 2.24) is 0 Å². The second-order valence-corrected chi connectivity index (χ2v) is 17.2. The van der Waals surface area contributed by atoms with Gasteiger partial charge >= 0.3 is 17.9 Å². The van der Waals surface area contributed by atoms with Crippen LogP contribution in [0.2, 0.25) is 0 Å². The van der Waals surface area contributed by atoms with Gasteiger partial charge in [0.1, 0.15) is 6.61 Å². The Hall–Kier alpha value is -4.01. The van der Waals surface area contributed by atoms with E-state index in [0.29, 0.717) is 19.3 Å². The Bertz CT molecular complexity index is 1390. The van der Waals surface area contributed by atoms with Crippen molar-refractivity contribution in [3.63, 3.8) is 0 Å². The van der Waals surface area contributed by atoms with Crippen LogP contribution in [0.5, 0.6) is 0 Å². The topological polar surface area (TPSA) is 99.1 Å². The molecule has 0 saturated heterocycles. The summed E-state index contributed by atoms with van der Waals surface area (Å²) in [7, 11) is 5.50. The van der Waals surface area contributed by atoms with Gasteiger partial charge in [-0.15, -0.1) is 0 Å². The summed E-state index contributed by atoms with van der Waals surface area (Å²) in [6, 6.07) is -0.632. The lowest BCUT2D eigenvalue weighted by Gasteiger charge is -2.31. The Balaban J connectivity index is 4.40. The van der Waals surface area contributed by atoms with Gasteiger partial charge in [0.15, 0.2) is 12.1 Å². The number of hydrogen-bond acceptors (Lipinski definition) is 6. The van der Waals surface area contributed by atoms with E-state index in [9.17, 15) is 19.5 Å². The number of carbonyl (C=O) groups is 3. The first-order valence-electron chi connectivity index (χ1n) is 24.5. The molecule has 0 saturated carbocycles. The molecule has 0 aliphatic rings. The fourth-order valence-corrected chi connectivity index (χ4v) is 6.59. The van der Waals surface area contributed by atoms with E-state index in [1.807, 2.05) is 94.1 Å². The van der Waals surface area contributed by atoms with E-state index in [4.69, 9.17) is 14.2 Å². The van der Waals surface area contributed by atoms with Gasteiger partial charge in [-0.1, -0.05) is 200 Å². The molecule has 0 aromatic heterocycles. The Morgan fingerprint density at radius 2 is 0.889 bits per heavy atom. The number of likely N-dealkylation sites (N-methyl/N-ethyl adjacent to an activating group) is 1. The molecule has 0 bridgehead atoms. The number of unbranched alkanes of at least 4 members (excludes halogenated alkanes) is 17.